The molecule has 154 valence electrons. The maximum absolute atomic E-state index is 12.8. The van der Waals surface area contributed by atoms with E-state index in [-0.39, 0.29) is 11.8 Å². The number of ether oxygens (including phenoxy) is 1. The summed E-state index contributed by atoms with van der Waals surface area (Å²) in [5, 5.41) is 0. The minimum atomic E-state index is -4.52. The lowest BCUT2D eigenvalue weighted by Crippen LogP contribution is -2.13. The van der Waals surface area contributed by atoms with Crippen LogP contribution in [0, 0.1) is 6.92 Å². The largest absolute Gasteiger partial charge is 0.459 e. The van der Waals surface area contributed by atoms with Gasteiger partial charge in [-0.2, -0.15) is 13.2 Å². The van der Waals surface area contributed by atoms with Crippen molar-refractivity contribution in [2.45, 2.75) is 19.6 Å². The molecular weight excluding hydrogens is 391 g/mol. The van der Waals surface area contributed by atoms with E-state index in [1.165, 1.54) is 6.20 Å². The van der Waals surface area contributed by atoms with Gasteiger partial charge in [-0.25, -0.2) is 0 Å². The van der Waals surface area contributed by atoms with Crippen molar-refractivity contribution in [3.8, 4) is 28.0 Å². The monoisotopic (exact) mass is 411 g/mol. The van der Waals surface area contributed by atoms with E-state index < -0.39 is 11.6 Å². The number of rotatable bonds is 6. The van der Waals surface area contributed by atoms with Crippen LogP contribution in [0.2, 0.25) is 0 Å². The summed E-state index contributed by atoms with van der Waals surface area (Å²) in [7, 11) is 0. The van der Waals surface area contributed by atoms with Crippen molar-refractivity contribution in [1.82, 2.24) is 4.57 Å². The first-order valence-electron chi connectivity index (χ1n) is 9.21. The number of pyridine rings is 1. The number of benzene rings is 2. The van der Waals surface area contributed by atoms with Gasteiger partial charge in [0, 0.05) is 18.3 Å². The molecule has 1 aromatic heterocycles. The summed E-state index contributed by atoms with van der Waals surface area (Å²) in [6, 6.07) is 15.4. The summed E-state index contributed by atoms with van der Waals surface area (Å²) in [6.45, 7) is 6.05. The predicted molar refractivity (Wildman–Crippen MR) is 112 cm³/mol. The van der Waals surface area contributed by atoms with E-state index in [1.54, 1.807) is 16.8 Å². The normalized spacial score (nSPS) is 11.6. The number of hydrogen-bond donors (Lipinski definition) is 0. The van der Waals surface area contributed by atoms with Crippen molar-refractivity contribution in [3.63, 3.8) is 0 Å². The summed E-state index contributed by atoms with van der Waals surface area (Å²) in [5.74, 6) is -0.196. The van der Waals surface area contributed by atoms with Gasteiger partial charge in [0.1, 0.15) is 0 Å². The molecule has 30 heavy (non-hydrogen) atoms. The fourth-order valence-electron chi connectivity index (χ4n) is 3.06. The molecule has 0 fully saturated rings. The molecule has 0 bridgehead atoms. The maximum Gasteiger partial charge on any atom is 0.412 e. The highest BCUT2D eigenvalue weighted by Crippen LogP contribution is 2.26. The van der Waals surface area contributed by atoms with Gasteiger partial charge in [-0.15, -0.1) is 6.58 Å². The van der Waals surface area contributed by atoms with Crippen LogP contribution in [0.25, 0.3) is 22.3 Å². The zero-order chi connectivity index (χ0) is 21.7. The highest BCUT2D eigenvalue weighted by atomic mass is 19.4. The van der Waals surface area contributed by atoms with Crippen LogP contribution in [-0.4, -0.2) is 10.7 Å². The summed E-state index contributed by atoms with van der Waals surface area (Å²) in [5.41, 5.74) is 3.69. The molecule has 3 rings (SSSR count). The Hall–Kier alpha value is -3.54. The molecular formula is C24H20F3NO2. The summed E-state index contributed by atoms with van der Waals surface area (Å²) in [4.78, 5) is 12.8. The van der Waals surface area contributed by atoms with E-state index in [9.17, 15) is 18.0 Å². The maximum atomic E-state index is 12.8. The predicted octanol–water partition coefficient (Wildman–Crippen LogP) is 6.13. The fraction of sp³-hybridized carbons (Fsp3) is 0.125. The molecule has 0 saturated heterocycles. The van der Waals surface area contributed by atoms with Crippen molar-refractivity contribution >= 4 is 0 Å². The summed E-state index contributed by atoms with van der Waals surface area (Å²) in [6.07, 6.45) is 0.491. The van der Waals surface area contributed by atoms with Crippen molar-refractivity contribution in [2.75, 3.05) is 0 Å². The Kier molecular flexibility index (Phi) is 6.26. The lowest BCUT2D eigenvalue weighted by atomic mass is 9.98. The SMILES string of the molecule is C=CCn1cc(OC=CC(F)(F)F)c(=O)c(-c2ccc(-c3ccccc3C)cc2)c1. The Morgan fingerprint density at radius 1 is 1.00 bits per heavy atom. The Bertz CT molecular complexity index is 1130. The molecule has 0 amide bonds. The van der Waals surface area contributed by atoms with E-state index >= 15 is 0 Å². The molecule has 0 unspecified atom stereocenters. The Morgan fingerprint density at radius 2 is 1.63 bits per heavy atom. The summed E-state index contributed by atoms with van der Waals surface area (Å²) < 4.78 is 43.7. The molecule has 3 nitrogen and oxygen atoms in total. The average molecular weight is 411 g/mol. The third-order valence-corrected chi connectivity index (χ3v) is 4.49. The Balaban J connectivity index is 2.00. The molecule has 0 aliphatic rings. The van der Waals surface area contributed by atoms with Crippen LogP contribution in [0.15, 0.2) is 90.7 Å². The molecule has 0 aliphatic heterocycles. The van der Waals surface area contributed by atoms with Gasteiger partial charge in [-0.1, -0.05) is 54.6 Å². The number of nitrogens with zero attached hydrogens (tertiary/aromatic N) is 1. The second kappa shape index (κ2) is 8.86. The van der Waals surface area contributed by atoms with Crippen LogP contribution in [0.1, 0.15) is 5.56 Å². The minimum Gasteiger partial charge on any atom is -0.459 e. The van der Waals surface area contributed by atoms with Crippen molar-refractivity contribution < 1.29 is 17.9 Å². The van der Waals surface area contributed by atoms with Gasteiger partial charge in [-0.3, -0.25) is 4.79 Å². The fourth-order valence-corrected chi connectivity index (χ4v) is 3.06. The van der Waals surface area contributed by atoms with Crippen LogP contribution in [0.3, 0.4) is 0 Å². The second-order valence-corrected chi connectivity index (χ2v) is 6.71. The van der Waals surface area contributed by atoms with Crippen molar-refractivity contribution in [2.24, 2.45) is 0 Å². The molecule has 0 saturated carbocycles. The molecule has 0 aliphatic carbocycles. The number of alkyl halides is 3. The van der Waals surface area contributed by atoms with Gasteiger partial charge >= 0.3 is 6.18 Å². The zero-order valence-corrected chi connectivity index (χ0v) is 16.3. The van der Waals surface area contributed by atoms with Gasteiger partial charge in [0.2, 0.25) is 5.43 Å². The van der Waals surface area contributed by atoms with Gasteiger partial charge < -0.3 is 9.30 Å². The molecule has 3 aromatic rings. The topological polar surface area (TPSA) is 31.2 Å². The van der Waals surface area contributed by atoms with Crippen LogP contribution in [-0.2, 0) is 6.54 Å². The zero-order valence-electron chi connectivity index (χ0n) is 16.3. The van der Waals surface area contributed by atoms with E-state index in [2.05, 4.69) is 6.58 Å². The van der Waals surface area contributed by atoms with E-state index in [4.69, 9.17) is 4.74 Å². The number of aromatic nitrogens is 1. The third-order valence-electron chi connectivity index (χ3n) is 4.49. The molecule has 0 radical (unpaired) electrons. The minimum absolute atomic E-state index is 0.0616. The number of hydrogen-bond acceptors (Lipinski definition) is 2. The van der Waals surface area contributed by atoms with Gasteiger partial charge in [0.15, 0.2) is 5.75 Å². The molecule has 0 atom stereocenters. The molecule has 0 N–H and O–H groups in total. The van der Waals surface area contributed by atoms with E-state index in [1.807, 2.05) is 55.5 Å². The molecule has 0 spiro atoms. The highest BCUT2D eigenvalue weighted by Gasteiger charge is 2.22. The second-order valence-electron chi connectivity index (χ2n) is 6.71. The molecule has 1 heterocycles. The Labute approximate surface area is 172 Å². The van der Waals surface area contributed by atoms with Gasteiger partial charge in [0.25, 0.3) is 0 Å². The van der Waals surface area contributed by atoms with E-state index in [0.717, 1.165) is 16.7 Å². The number of aryl methyl sites for hydroxylation is 1. The number of halogens is 3. The lowest BCUT2D eigenvalue weighted by molar-refractivity contribution is -0.0809. The highest BCUT2D eigenvalue weighted by molar-refractivity contribution is 5.72. The third kappa shape index (κ3) is 5.08. The van der Waals surface area contributed by atoms with Gasteiger partial charge in [-0.05, 0) is 29.2 Å². The van der Waals surface area contributed by atoms with E-state index in [0.29, 0.717) is 23.9 Å². The number of allylic oxidation sites excluding steroid dienone is 2. The molecule has 2 aromatic carbocycles. The first-order chi connectivity index (χ1) is 14.3. The first-order valence-corrected chi connectivity index (χ1v) is 9.21. The average Bonchev–Trinajstić information content (AvgIpc) is 2.70. The summed E-state index contributed by atoms with van der Waals surface area (Å²) >= 11 is 0. The van der Waals surface area contributed by atoms with Crippen molar-refractivity contribution in [1.29, 1.82) is 0 Å². The smallest absolute Gasteiger partial charge is 0.412 e. The van der Waals surface area contributed by atoms with Crippen LogP contribution in [0.5, 0.6) is 5.75 Å². The Morgan fingerprint density at radius 3 is 2.23 bits per heavy atom. The van der Waals surface area contributed by atoms with Crippen LogP contribution in [0.4, 0.5) is 13.2 Å². The van der Waals surface area contributed by atoms with Crippen LogP contribution < -0.4 is 10.2 Å². The van der Waals surface area contributed by atoms with Gasteiger partial charge in [0.05, 0.1) is 18.5 Å². The molecule has 6 heteroatoms. The van der Waals surface area contributed by atoms with Crippen molar-refractivity contribution in [3.05, 3.63) is 102 Å². The first kappa shape index (κ1) is 21.2. The quantitative estimate of drug-likeness (QED) is 0.361. The lowest BCUT2D eigenvalue weighted by Gasteiger charge is -2.11. The van der Waals surface area contributed by atoms with Crippen LogP contribution >= 0.6 is 0 Å². The standard InChI is InChI=1S/C24H20F3NO2/c1-3-13-28-15-21(23(29)22(16-28)30-14-12-24(25,26)27)19-10-8-18(9-11-19)20-7-5-4-6-17(20)2/h3-12,14-16H,1,13H2,2H3.